The van der Waals surface area contributed by atoms with E-state index in [1.165, 1.54) is 5.57 Å². The van der Waals surface area contributed by atoms with Crippen LogP contribution < -0.4 is 0 Å². The van der Waals surface area contributed by atoms with E-state index in [0.29, 0.717) is 18.4 Å². The zero-order valence-corrected chi connectivity index (χ0v) is 11.2. The molecule has 18 heavy (non-hydrogen) atoms. The highest BCUT2D eigenvalue weighted by molar-refractivity contribution is 5.25. The van der Waals surface area contributed by atoms with Crippen molar-refractivity contribution in [3.8, 4) is 0 Å². The molecule has 0 bridgehead atoms. The first-order chi connectivity index (χ1) is 8.54. The molecule has 3 atom stereocenters. The van der Waals surface area contributed by atoms with E-state index in [1.54, 1.807) is 0 Å². The minimum Gasteiger partial charge on any atom is -0.392 e. The maximum atomic E-state index is 9.41. The summed E-state index contributed by atoms with van der Waals surface area (Å²) in [4.78, 5) is 0. The summed E-state index contributed by atoms with van der Waals surface area (Å²) >= 11 is 0. The average Bonchev–Trinajstić information content (AvgIpc) is 2.63. The Morgan fingerprint density at radius 3 is 2.94 bits per heavy atom. The lowest BCUT2D eigenvalue weighted by atomic mass is 9.67. The summed E-state index contributed by atoms with van der Waals surface area (Å²) in [6, 6.07) is 0. The number of fused-ring (bicyclic) bond motifs is 1. The quantitative estimate of drug-likeness (QED) is 0.776. The molecule has 3 heteroatoms. The second kappa shape index (κ2) is 4.19. The molecule has 0 aromatic rings. The van der Waals surface area contributed by atoms with E-state index < -0.39 is 5.79 Å². The van der Waals surface area contributed by atoms with Crippen molar-refractivity contribution in [2.75, 3.05) is 13.2 Å². The lowest BCUT2D eigenvalue weighted by Gasteiger charge is -2.42. The van der Waals surface area contributed by atoms with Crippen LogP contribution in [0, 0.1) is 11.8 Å². The number of hydrogen-bond acceptors (Lipinski definition) is 3. The van der Waals surface area contributed by atoms with Gasteiger partial charge in [0.05, 0.1) is 18.8 Å². The highest BCUT2D eigenvalue weighted by atomic mass is 16.8. The maximum absolute atomic E-state index is 9.41. The molecule has 1 unspecified atom stereocenters. The third-order valence-electron chi connectivity index (χ3n) is 4.51. The molecule has 1 spiro atoms. The van der Waals surface area contributed by atoms with Crippen LogP contribution in [-0.2, 0) is 9.47 Å². The normalized spacial score (nSPS) is 41.8. The Balaban J connectivity index is 1.76. The third-order valence-corrected chi connectivity index (χ3v) is 4.51. The van der Waals surface area contributed by atoms with Crippen LogP contribution in [0.2, 0.25) is 0 Å². The van der Waals surface area contributed by atoms with Crippen molar-refractivity contribution in [2.24, 2.45) is 11.8 Å². The molecule has 1 saturated heterocycles. The Labute approximate surface area is 108 Å². The summed E-state index contributed by atoms with van der Waals surface area (Å²) in [5.41, 5.74) is 1.07. The van der Waals surface area contributed by atoms with Crippen molar-refractivity contribution in [2.45, 2.75) is 44.5 Å². The molecular weight excluding hydrogens is 228 g/mol. The van der Waals surface area contributed by atoms with Gasteiger partial charge in [-0.3, -0.25) is 0 Å². The lowest BCUT2D eigenvalue weighted by molar-refractivity contribution is -0.171. The Hall–Kier alpha value is -0.640. The fraction of sp³-hybridized carbons (Fsp3) is 0.733. The zero-order chi connectivity index (χ0) is 12.8. The van der Waals surface area contributed by atoms with Crippen LogP contribution in [0.3, 0.4) is 0 Å². The van der Waals surface area contributed by atoms with Gasteiger partial charge in [0.15, 0.2) is 5.79 Å². The van der Waals surface area contributed by atoms with Gasteiger partial charge >= 0.3 is 0 Å². The molecule has 3 aliphatic rings. The van der Waals surface area contributed by atoms with Gasteiger partial charge in [0, 0.05) is 0 Å². The molecule has 100 valence electrons. The molecule has 0 amide bonds. The molecule has 2 fully saturated rings. The summed E-state index contributed by atoms with van der Waals surface area (Å²) in [5.74, 6) is 0.544. The second-order valence-corrected chi connectivity index (χ2v) is 6.27. The van der Waals surface area contributed by atoms with Crippen LogP contribution in [-0.4, -0.2) is 29.7 Å². The summed E-state index contributed by atoms with van der Waals surface area (Å²) in [7, 11) is 0. The van der Waals surface area contributed by atoms with Gasteiger partial charge in [-0.05, 0) is 50.5 Å². The molecular formula is C15H22O3. The van der Waals surface area contributed by atoms with E-state index in [2.05, 4.69) is 18.2 Å². The standard InChI is InChI=1S/C15H22O3/c1-14(2)17-10-15(18-14)7-6-13-11(8-15)4-3-5-12(13)9-16/h3-5,11,13,16H,6-10H2,1-2H3/t11-,13-,15?/m0/s1. The Kier molecular flexibility index (Phi) is 2.88. The lowest BCUT2D eigenvalue weighted by Crippen LogP contribution is -2.43. The van der Waals surface area contributed by atoms with Gasteiger partial charge in [0.1, 0.15) is 0 Å². The van der Waals surface area contributed by atoms with Crippen molar-refractivity contribution in [1.29, 1.82) is 0 Å². The van der Waals surface area contributed by atoms with Crippen LogP contribution >= 0.6 is 0 Å². The summed E-state index contributed by atoms with van der Waals surface area (Å²) < 4.78 is 11.9. The zero-order valence-electron chi connectivity index (χ0n) is 11.2. The highest BCUT2D eigenvalue weighted by Gasteiger charge is 2.50. The Morgan fingerprint density at radius 1 is 1.44 bits per heavy atom. The SMILES string of the molecule is CC1(C)OCC2(CC[C@@H]3C(CO)=CC=C[C@H]3C2)O1. The van der Waals surface area contributed by atoms with Gasteiger partial charge in [-0.15, -0.1) is 0 Å². The van der Waals surface area contributed by atoms with Gasteiger partial charge in [-0.1, -0.05) is 18.2 Å². The van der Waals surface area contributed by atoms with E-state index in [-0.39, 0.29) is 12.2 Å². The van der Waals surface area contributed by atoms with Gasteiger partial charge in [0.2, 0.25) is 0 Å². The number of ether oxygens (including phenoxy) is 2. The highest BCUT2D eigenvalue weighted by Crippen LogP contribution is 2.48. The van der Waals surface area contributed by atoms with E-state index in [4.69, 9.17) is 9.47 Å². The predicted molar refractivity (Wildman–Crippen MR) is 69.0 cm³/mol. The fourth-order valence-corrected chi connectivity index (χ4v) is 3.69. The van der Waals surface area contributed by atoms with Crippen LogP contribution in [0.25, 0.3) is 0 Å². The minimum absolute atomic E-state index is 0.104. The van der Waals surface area contributed by atoms with Crippen LogP contribution in [0.4, 0.5) is 0 Å². The molecule has 0 radical (unpaired) electrons. The maximum Gasteiger partial charge on any atom is 0.163 e. The largest absolute Gasteiger partial charge is 0.392 e. The van der Waals surface area contributed by atoms with E-state index in [0.717, 1.165) is 19.3 Å². The first-order valence-electron chi connectivity index (χ1n) is 6.86. The fourth-order valence-electron chi connectivity index (χ4n) is 3.69. The number of allylic oxidation sites excluding steroid dienone is 3. The first kappa shape index (κ1) is 12.4. The molecule has 0 aromatic carbocycles. The monoisotopic (exact) mass is 250 g/mol. The van der Waals surface area contributed by atoms with Gasteiger partial charge in [-0.25, -0.2) is 0 Å². The minimum atomic E-state index is -0.444. The van der Waals surface area contributed by atoms with Crippen molar-refractivity contribution < 1.29 is 14.6 Å². The number of hydrogen-bond donors (Lipinski definition) is 1. The van der Waals surface area contributed by atoms with Crippen molar-refractivity contribution in [3.05, 3.63) is 23.8 Å². The van der Waals surface area contributed by atoms with E-state index in [9.17, 15) is 5.11 Å². The number of rotatable bonds is 1. The molecule has 3 nitrogen and oxygen atoms in total. The van der Waals surface area contributed by atoms with Crippen molar-refractivity contribution in [1.82, 2.24) is 0 Å². The Morgan fingerprint density at radius 2 is 2.28 bits per heavy atom. The molecule has 1 aliphatic heterocycles. The van der Waals surface area contributed by atoms with E-state index >= 15 is 0 Å². The van der Waals surface area contributed by atoms with Crippen molar-refractivity contribution >= 4 is 0 Å². The summed E-state index contributed by atoms with van der Waals surface area (Å²) in [5, 5.41) is 9.41. The topological polar surface area (TPSA) is 38.7 Å². The molecule has 2 aliphatic carbocycles. The number of aliphatic hydroxyl groups excluding tert-OH is 1. The van der Waals surface area contributed by atoms with Gasteiger partial charge in [-0.2, -0.15) is 0 Å². The second-order valence-electron chi connectivity index (χ2n) is 6.27. The van der Waals surface area contributed by atoms with Gasteiger partial charge in [0.25, 0.3) is 0 Å². The predicted octanol–water partition coefficient (Wildman–Crippen LogP) is 2.41. The molecule has 3 rings (SSSR count). The summed E-state index contributed by atoms with van der Waals surface area (Å²) in [6.07, 6.45) is 9.53. The van der Waals surface area contributed by atoms with Crippen molar-refractivity contribution in [3.63, 3.8) is 0 Å². The molecule has 1 N–H and O–H groups in total. The Bertz CT molecular complexity index is 397. The number of aliphatic hydroxyl groups is 1. The molecule has 1 heterocycles. The van der Waals surface area contributed by atoms with Crippen LogP contribution in [0.1, 0.15) is 33.1 Å². The smallest absolute Gasteiger partial charge is 0.163 e. The van der Waals surface area contributed by atoms with Crippen LogP contribution in [0.5, 0.6) is 0 Å². The van der Waals surface area contributed by atoms with Crippen LogP contribution in [0.15, 0.2) is 23.8 Å². The molecule has 0 aromatic heterocycles. The third kappa shape index (κ3) is 2.04. The first-order valence-corrected chi connectivity index (χ1v) is 6.86. The van der Waals surface area contributed by atoms with E-state index in [1.807, 2.05) is 13.8 Å². The molecule has 1 saturated carbocycles. The van der Waals surface area contributed by atoms with Gasteiger partial charge < -0.3 is 14.6 Å². The average molecular weight is 250 g/mol. The summed E-state index contributed by atoms with van der Waals surface area (Å²) in [6.45, 7) is 4.86.